The number of aryl methyl sites for hydroxylation is 1. The van der Waals surface area contributed by atoms with Gasteiger partial charge in [0.1, 0.15) is 18.1 Å². The molecule has 0 saturated carbocycles. The highest BCUT2D eigenvalue weighted by atomic mass is 35.5. The Kier molecular flexibility index (Phi) is 7.57. The number of carbonyl (C=O) groups is 1. The Balaban J connectivity index is 1.17. The normalized spacial score (nSPS) is 11.4. The number of nitrogens with zero attached hydrogens (tertiary/aromatic N) is 2. The highest BCUT2D eigenvalue weighted by molar-refractivity contribution is 6.30. The Morgan fingerprint density at radius 1 is 0.949 bits per heavy atom. The van der Waals surface area contributed by atoms with Crippen LogP contribution in [0.5, 0.6) is 5.75 Å². The molecule has 6 nitrogen and oxygen atoms in total. The molecule has 0 aliphatic carbocycles. The van der Waals surface area contributed by atoms with Gasteiger partial charge in [0.25, 0.3) is 5.91 Å². The molecular formula is C32H30ClN3O3. The summed E-state index contributed by atoms with van der Waals surface area (Å²) >= 11 is 5.97. The number of rotatable bonds is 9. The van der Waals surface area contributed by atoms with Gasteiger partial charge in [0, 0.05) is 22.2 Å². The minimum atomic E-state index is -0.370. The molecule has 198 valence electrons. The van der Waals surface area contributed by atoms with Crippen LogP contribution in [-0.2, 0) is 18.6 Å². The summed E-state index contributed by atoms with van der Waals surface area (Å²) in [6, 6.07) is 31.3. The van der Waals surface area contributed by atoms with E-state index in [1.165, 1.54) is 11.1 Å². The number of aromatic nitrogens is 2. The third-order valence-corrected chi connectivity index (χ3v) is 7.06. The van der Waals surface area contributed by atoms with E-state index in [0.29, 0.717) is 23.1 Å². The summed E-state index contributed by atoms with van der Waals surface area (Å²) in [5, 5.41) is 8.00. The van der Waals surface area contributed by atoms with Gasteiger partial charge in [-0.2, -0.15) is 5.10 Å². The van der Waals surface area contributed by atoms with Gasteiger partial charge in [-0.15, -0.1) is 0 Å². The summed E-state index contributed by atoms with van der Waals surface area (Å²) in [5.41, 5.74) is 4.32. The van der Waals surface area contributed by atoms with Crippen molar-refractivity contribution in [2.75, 3.05) is 5.32 Å². The van der Waals surface area contributed by atoms with E-state index in [0.717, 1.165) is 17.0 Å². The van der Waals surface area contributed by atoms with Gasteiger partial charge in [-0.05, 0) is 60.0 Å². The zero-order valence-corrected chi connectivity index (χ0v) is 22.9. The standard InChI is InChI=1S/C32H30ClN3O3/c1-22-19-30(35-36(22)20-23-9-13-26(33)14-10-23)34-31(37)29-18-17-28(39-29)21-38-27-15-11-25(12-16-27)32(2,3)24-7-5-4-6-8-24/h4-19H,20-21H2,1-3H3,(H,34,35,37). The molecule has 5 rings (SSSR count). The van der Waals surface area contributed by atoms with E-state index in [-0.39, 0.29) is 23.7 Å². The molecule has 2 aromatic heterocycles. The molecule has 0 aliphatic heterocycles. The Bertz CT molecular complexity index is 1550. The number of nitrogens with one attached hydrogen (secondary N) is 1. The minimum Gasteiger partial charge on any atom is -0.486 e. The maximum absolute atomic E-state index is 12.8. The Morgan fingerprint density at radius 3 is 2.36 bits per heavy atom. The van der Waals surface area contributed by atoms with Crippen molar-refractivity contribution in [2.45, 2.75) is 39.3 Å². The van der Waals surface area contributed by atoms with Gasteiger partial charge in [-0.3, -0.25) is 9.48 Å². The van der Waals surface area contributed by atoms with Crippen molar-refractivity contribution in [1.29, 1.82) is 0 Å². The topological polar surface area (TPSA) is 69.3 Å². The van der Waals surface area contributed by atoms with Crippen LogP contribution in [0, 0.1) is 6.92 Å². The second-order valence-corrected chi connectivity index (χ2v) is 10.4. The van der Waals surface area contributed by atoms with E-state index >= 15 is 0 Å². The van der Waals surface area contributed by atoms with Gasteiger partial charge in [-0.25, -0.2) is 0 Å². The predicted molar refractivity (Wildman–Crippen MR) is 154 cm³/mol. The molecule has 39 heavy (non-hydrogen) atoms. The first-order chi connectivity index (χ1) is 18.8. The largest absolute Gasteiger partial charge is 0.486 e. The summed E-state index contributed by atoms with van der Waals surface area (Å²) < 4.78 is 13.5. The first-order valence-corrected chi connectivity index (χ1v) is 13.1. The first-order valence-electron chi connectivity index (χ1n) is 12.8. The number of amides is 1. The minimum absolute atomic E-state index is 0.118. The predicted octanol–water partition coefficient (Wildman–Crippen LogP) is 7.64. The number of carbonyl (C=O) groups excluding carboxylic acids is 1. The number of hydrogen-bond acceptors (Lipinski definition) is 4. The fraction of sp³-hybridized carbons (Fsp3) is 0.188. The smallest absolute Gasteiger partial charge is 0.292 e. The van der Waals surface area contributed by atoms with Crippen LogP contribution >= 0.6 is 11.6 Å². The second kappa shape index (κ2) is 11.2. The molecule has 1 N–H and O–H groups in total. The molecule has 0 radical (unpaired) electrons. The molecular weight excluding hydrogens is 510 g/mol. The van der Waals surface area contributed by atoms with Gasteiger partial charge in [0.05, 0.1) is 6.54 Å². The van der Waals surface area contributed by atoms with Crippen LogP contribution in [0.15, 0.2) is 101 Å². The molecule has 1 amide bonds. The van der Waals surface area contributed by atoms with Crippen LogP contribution in [0.25, 0.3) is 0 Å². The average molecular weight is 540 g/mol. The van der Waals surface area contributed by atoms with Crippen LogP contribution in [-0.4, -0.2) is 15.7 Å². The van der Waals surface area contributed by atoms with Crippen LogP contribution in [0.4, 0.5) is 5.82 Å². The molecule has 7 heteroatoms. The summed E-state index contributed by atoms with van der Waals surface area (Å²) in [5.74, 6) is 1.56. The Hall–Kier alpha value is -4.29. The molecule has 0 atom stereocenters. The summed E-state index contributed by atoms with van der Waals surface area (Å²) in [6.07, 6.45) is 0. The number of benzene rings is 3. The van der Waals surface area contributed by atoms with Gasteiger partial charge in [0.2, 0.25) is 0 Å². The van der Waals surface area contributed by atoms with Gasteiger partial charge in [-0.1, -0.05) is 80.0 Å². The van der Waals surface area contributed by atoms with Crippen LogP contribution in [0.1, 0.15) is 52.5 Å². The molecule has 0 aliphatic rings. The number of ether oxygens (including phenoxy) is 1. The lowest BCUT2D eigenvalue weighted by Crippen LogP contribution is -2.18. The lowest BCUT2D eigenvalue weighted by molar-refractivity contribution is 0.0992. The van der Waals surface area contributed by atoms with Crippen LogP contribution < -0.4 is 10.1 Å². The van der Waals surface area contributed by atoms with E-state index in [1.54, 1.807) is 12.1 Å². The fourth-order valence-electron chi connectivity index (χ4n) is 4.39. The third-order valence-electron chi connectivity index (χ3n) is 6.81. The monoisotopic (exact) mass is 539 g/mol. The number of hydrogen-bond donors (Lipinski definition) is 1. The van der Waals surface area contributed by atoms with Gasteiger partial charge >= 0.3 is 0 Å². The molecule has 3 aromatic carbocycles. The third kappa shape index (κ3) is 6.24. The van der Waals surface area contributed by atoms with E-state index in [9.17, 15) is 4.79 Å². The molecule has 0 saturated heterocycles. The van der Waals surface area contributed by atoms with Crippen molar-refractivity contribution in [1.82, 2.24) is 9.78 Å². The van der Waals surface area contributed by atoms with Crippen molar-refractivity contribution >= 4 is 23.3 Å². The lowest BCUT2D eigenvalue weighted by atomic mass is 9.78. The SMILES string of the molecule is Cc1cc(NC(=O)c2ccc(COc3ccc(C(C)(C)c4ccccc4)cc3)o2)nn1Cc1ccc(Cl)cc1. The van der Waals surface area contributed by atoms with Gasteiger partial charge < -0.3 is 14.5 Å². The molecule has 0 fully saturated rings. The molecule has 0 unspecified atom stereocenters. The first kappa shape index (κ1) is 26.3. The van der Waals surface area contributed by atoms with Crippen molar-refractivity contribution in [3.8, 4) is 5.75 Å². The molecule has 5 aromatic rings. The average Bonchev–Trinajstić information content (AvgIpc) is 3.56. The summed E-state index contributed by atoms with van der Waals surface area (Å²) in [6.45, 7) is 7.14. The molecule has 2 heterocycles. The van der Waals surface area contributed by atoms with E-state index in [4.69, 9.17) is 20.8 Å². The Morgan fingerprint density at radius 2 is 1.64 bits per heavy atom. The van der Waals surface area contributed by atoms with Crippen LogP contribution in [0.3, 0.4) is 0 Å². The maximum atomic E-state index is 12.8. The highest BCUT2D eigenvalue weighted by Gasteiger charge is 2.22. The van der Waals surface area contributed by atoms with Crippen molar-refractivity contribution in [3.63, 3.8) is 0 Å². The van der Waals surface area contributed by atoms with Crippen molar-refractivity contribution in [2.24, 2.45) is 0 Å². The molecule has 0 bridgehead atoms. The van der Waals surface area contributed by atoms with E-state index in [2.05, 4.69) is 60.7 Å². The molecule has 0 spiro atoms. The zero-order valence-electron chi connectivity index (χ0n) is 22.1. The van der Waals surface area contributed by atoms with Crippen LogP contribution in [0.2, 0.25) is 5.02 Å². The zero-order chi connectivity index (χ0) is 27.4. The van der Waals surface area contributed by atoms with Crippen molar-refractivity contribution < 1.29 is 13.9 Å². The fourth-order valence-corrected chi connectivity index (χ4v) is 4.52. The number of furan rings is 1. The van der Waals surface area contributed by atoms with E-state index in [1.807, 2.05) is 60.1 Å². The van der Waals surface area contributed by atoms with Crippen molar-refractivity contribution in [3.05, 3.63) is 136 Å². The number of halogens is 1. The lowest BCUT2D eigenvalue weighted by Gasteiger charge is -2.26. The van der Waals surface area contributed by atoms with Gasteiger partial charge in [0.15, 0.2) is 11.6 Å². The summed E-state index contributed by atoms with van der Waals surface area (Å²) in [4.78, 5) is 12.8. The summed E-state index contributed by atoms with van der Waals surface area (Å²) in [7, 11) is 0. The maximum Gasteiger partial charge on any atom is 0.292 e. The second-order valence-electron chi connectivity index (χ2n) is 9.98. The Labute approximate surface area is 233 Å². The number of anilines is 1. The van der Waals surface area contributed by atoms with E-state index < -0.39 is 0 Å². The quantitative estimate of drug-likeness (QED) is 0.209. The highest BCUT2D eigenvalue weighted by Crippen LogP contribution is 2.32.